The van der Waals surface area contributed by atoms with E-state index in [-0.39, 0.29) is 18.4 Å². The SMILES string of the molecule is CC(=O)N1CCc2cc(C(=O)NCC(=O)N[C@@H](CC(C)C)C(=O)O)ccc21. The van der Waals surface area contributed by atoms with Crippen LogP contribution in [0.15, 0.2) is 18.2 Å². The summed E-state index contributed by atoms with van der Waals surface area (Å²) in [6.45, 7) is 5.51. The normalized spacial score (nSPS) is 13.9. The van der Waals surface area contributed by atoms with Crippen LogP contribution >= 0.6 is 0 Å². The van der Waals surface area contributed by atoms with Gasteiger partial charge in [0.15, 0.2) is 0 Å². The molecule has 0 aliphatic carbocycles. The average molecular weight is 375 g/mol. The Morgan fingerprint density at radius 2 is 1.93 bits per heavy atom. The van der Waals surface area contributed by atoms with Crippen LogP contribution < -0.4 is 15.5 Å². The van der Waals surface area contributed by atoms with Crippen LogP contribution in [0, 0.1) is 5.92 Å². The lowest BCUT2D eigenvalue weighted by Crippen LogP contribution is -2.46. The summed E-state index contributed by atoms with van der Waals surface area (Å²) in [5.41, 5.74) is 2.10. The first kappa shape index (κ1) is 20.4. The molecule has 3 N–H and O–H groups in total. The van der Waals surface area contributed by atoms with Crippen LogP contribution in [0.25, 0.3) is 0 Å². The molecule has 1 aliphatic heterocycles. The van der Waals surface area contributed by atoms with Crippen molar-refractivity contribution >= 4 is 29.4 Å². The summed E-state index contributed by atoms with van der Waals surface area (Å²) in [4.78, 5) is 48.6. The first-order valence-electron chi connectivity index (χ1n) is 8.90. The smallest absolute Gasteiger partial charge is 0.326 e. The highest BCUT2D eigenvalue weighted by Crippen LogP contribution is 2.28. The Morgan fingerprint density at radius 3 is 2.52 bits per heavy atom. The minimum absolute atomic E-state index is 0.0444. The molecule has 1 aromatic carbocycles. The van der Waals surface area contributed by atoms with Crippen molar-refractivity contribution in [2.24, 2.45) is 5.92 Å². The zero-order valence-electron chi connectivity index (χ0n) is 15.7. The maximum atomic E-state index is 12.3. The third-order valence-corrected chi connectivity index (χ3v) is 4.37. The van der Waals surface area contributed by atoms with Gasteiger partial charge >= 0.3 is 5.97 Å². The summed E-state index contributed by atoms with van der Waals surface area (Å²) in [5, 5.41) is 14.1. The first-order valence-corrected chi connectivity index (χ1v) is 8.90. The molecule has 3 amide bonds. The minimum Gasteiger partial charge on any atom is -0.480 e. The molecule has 1 aliphatic rings. The fourth-order valence-electron chi connectivity index (χ4n) is 3.07. The standard InChI is InChI=1S/C19H25N3O5/c1-11(2)8-15(19(26)27)21-17(24)10-20-18(25)14-4-5-16-13(9-14)6-7-22(16)12(3)23/h4-5,9,11,15H,6-8,10H2,1-3H3,(H,20,25)(H,21,24)(H,26,27)/t15-/m0/s1. The monoisotopic (exact) mass is 375 g/mol. The second-order valence-electron chi connectivity index (χ2n) is 7.03. The number of carbonyl (C=O) groups excluding carboxylic acids is 3. The van der Waals surface area contributed by atoms with E-state index in [0.29, 0.717) is 24.9 Å². The van der Waals surface area contributed by atoms with E-state index in [4.69, 9.17) is 5.11 Å². The number of amides is 3. The second-order valence-corrected chi connectivity index (χ2v) is 7.03. The first-order chi connectivity index (χ1) is 12.7. The summed E-state index contributed by atoms with van der Waals surface area (Å²) in [6.07, 6.45) is 0.985. The van der Waals surface area contributed by atoms with E-state index in [0.717, 1.165) is 11.3 Å². The number of hydrogen-bond donors (Lipinski definition) is 3. The van der Waals surface area contributed by atoms with Gasteiger partial charge in [0.2, 0.25) is 11.8 Å². The number of benzene rings is 1. The molecular formula is C19H25N3O5. The maximum Gasteiger partial charge on any atom is 0.326 e. The average Bonchev–Trinajstić information content (AvgIpc) is 3.01. The van der Waals surface area contributed by atoms with Crippen LogP contribution in [-0.2, 0) is 20.8 Å². The topological polar surface area (TPSA) is 116 Å². The summed E-state index contributed by atoms with van der Waals surface area (Å²) >= 11 is 0. The Morgan fingerprint density at radius 1 is 1.22 bits per heavy atom. The van der Waals surface area contributed by atoms with Gasteiger partial charge in [-0.2, -0.15) is 0 Å². The van der Waals surface area contributed by atoms with Gasteiger partial charge in [0.25, 0.3) is 5.91 Å². The number of hydrogen-bond acceptors (Lipinski definition) is 4. The van der Waals surface area contributed by atoms with Crippen molar-refractivity contribution in [2.75, 3.05) is 18.0 Å². The fraction of sp³-hybridized carbons (Fsp3) is 0.474. The molecule has 146 valence electrons. The van der Waals surface area contributed by atoms with E-state index in [1.807, 2.05) is 13.8 Å². The number of anilines is 1. The van der Waals surface area contributed by atoms with E-state index < -0.39 is 23.8 Å². The van der Waals surface area contributed by atoms with Crippen molar-refractivity contribution in [2.45, 2.75) is 39.7 Å². The largest absolute Gasteiger partial charge is 0.480 e. The van der Waals surface area contributed by atoms with E-state index >= 15 is 0 Å². The van der Waals surface area contributed by atoms with Gasteiger partial charge in [0.1, 0.15) is 6.04 Å². The molecule has 0 spiro atoms. The zero-order chi connectivity index (χ0) is 20.1. The van der Waals surface area contributed by atoms with Gasteiger partial charge in [-0.15, -0.1) is 0 Å². The van der Waals surface area contributed by atoms with Gasteiger partial charge in [-0.25, -0.2) is 4.79 Å². The van der Waals surface area contributed by atoms with E-state index in [1.54, 1.807) is 23.1 Å². The Labute approximate surface area is 157 Å². The number of rotatable bonds is 7. The number of nitrogens with one attached hydrogen (secondary N) is 2. The van der Waals surface area contributed by atoms with Gasteiger partial charge in [-0.05, 0) is 42.5 Å². The van der Waals surface area contributed by atoms with Gasteiger partial charge in [-0.3, -0.25) is 14.4 Å². The van der Waals surface area contributed by atoms with E-state index in [2.05, 4.69) is 10.6 Å². The third kappa shape index (κ3) is 5.29. The van der Waals surface area contributed by atoms with E-state index in [9.17, 15) is 19.2 Å². The van der Waals surface area contributed by atoms with Crippen molar-refractivity contribution in [1.82, 2.24) is 10.6 Å². The highest BCUT2D eigenvalue weighted by Gasteiger charge is 2.24. The van der Waals surface area contributed by atoms with Crippen LogP contribution in [0.3, 0.4) is 0 Å². The van der Waals surface area contributed by atoms with Crippen LogP contribution in [-0.4, -0.2) is 47.9 Å². The predicted molar refractivity (Wildman–Crippen MR) is 99.5 cm³/mol. The summed E-state index contributed by atoms with van der Waals surface area (Å²) < 4.78 is 0. The van der Waals surface area contributed by atoms with E-state index in [1.165, 1.54) is 6.92 Å². The van der Waals surface area contributed by atoms with Gasteiger partial charge in [0.05, 0.1) is 6.54 Å². The van der Waals surface area contributed by atoms with Crippen LogP contribution in [0.4, 0.5) is 5.69 Å². The van der Waals surface area contributed by atoms with Gasteiger partial charge < -0.3 is 20.6 Å². The molecule has 0 bridgehead atoms. The molecule has 1 atom stereocenters. The van der Waals surface area contributed by atoms with Crippen molar-refractivity contribution in [1.29, 1.82) is 0 Å². The molecule has 8 heteroatoms. The maximum absolute atomic E-state index is 12.3. The Balaban J connectivity index is 1.93. The van der Waals surface area contributed by atoms with Crippen LogP contribution in [0.1, 0.15) is 43.1 Å². The third-order valence-electron chi connectivity index (χ3n) is 4.37. The lowest BCUT2D eigenvalue weighted by Gasteiger charge is -2.17. The number of carboxylic acid groups (broad SMARTS) is 1. The van der Waals surface area contributed by atoms with Gasteiger partial charge in [0, 0.05) is 24.7 Å². The summed E-state index contributed by atoms with van der Waals surface area (Å²) in [7, 11) is 0. The summed E-state index contributed by atoms with van der Waals surface area (Å²) in [5.74, 6) is -2.01. The van der Waals surface area contributed by atoms with Crippen molar-refractivity contribution < 1.29 is 24.3 Å². The second kappa shape index (κ2) is 8.66. The molecule has 0 fully saturated rings. The molecule has 0 unspecified atom stereocenters. The molecular weight excluding hydrogens is 350 g/mol. The quantitative estimate of drug-likeness (QED) is 0.656. The number of carbonyl (C=O) groups is 4. The van der Waals surface area contributed by atoms with Crippen molar-refractivity contribution in [3.63, 3.8) is 0 Å². The molecule has 8 nitrogen and oxygen atoms in total. The van der Waals surface area contributed by atoms with Crippen molar-refractivity contribution in [3.8, 4) is 0 Å². The Hall–Kier alpha value is -2.90. The van der Waals surface area contributed by atoms with Crippen LogP contribution in [0.2, 0.25) is 0 Å². The highest BCUT2D eigenvalue weighted by atomic mass is 16.4. The fourth-order valence-corrected chi connectivity index (χ4v) is 3.07. The molecule has 2 rings (SSSR count). The Kier molecular flexibility index (Phi) is 6.55. The zero-order valence-corrected chi connectivity index (χ0v) is 15.7. The molecule has 1 aromatic rings. The predicted octanol–water partition coefficient (Wildman–Crippen LogP) is 0.941. The van der Waals surface area contributed by atoms with Crippen molar-refractivity contribution in [3.05, 3.63) is 29.3 Å². The lowest BCUT2D eigenvalue weighted by atomic mass is 10.0. The number of nitrogens with zero attached hydrogens (tertiary/aromatic N) is 1. The summed E-state index contributed by atoms with van der Waals surface area (Å²) in [6, 6.07) is 4.06. The minimum atomic E-state index is -1.10. The number of aliphatic carboxylic acids is 1. The van der Waals surface area contributed by atoms with Crippen LogP contribution in [0.5, 0.6) is 0 Å². The number of fused-ring (bicyclic) bond motifs is 1. The molecule has 0 aromatic heterocycles. The molecule has 0 radical (unpaired) electrons. The van der Waals surface area contributed by atoms with Gasteiger partial charge in [-0.1, -0.05) is 13.8 Å². The molecule has 0 saturated heterocycles. The number of carboxylic acids is 1. The highest BCUT2D eigenvalue weighted by molar-refractivity contribution is 5.99. The lowest BCUT2D eigenvalue weighted by molar-refractivity contribution is -0.142. The Bertz CT molecular complexity index is 760. The molecule has 1 heterocycles. The molecule has 0 saturated carbocycles. The molecule has 27 heavy (non-hydrogen) atoms.